The molecule has 6 heteroatoms. The molecule has 108 valence electrons. The van der Waals surface area contributed by atoms with Crippen LogP contribution in [0.1, 0.15) is 40.7 Å². The van der Waals surface area contributed by atoms with Crippen molar-refractivity contribution < 1.29 is 4.79 Å². The molecule has 0 bridgehead atoms. The molecule has 1 aliphatic rings. The highest BCUT2D eigenvalue weighted by molar-refractivity contribution is 9.10. The first-order valence-electron chi connectivity index (χ1n) is 6.82. The van der Waals surface area contributed by atoms with Gasteiger partial charge in [-0.2, -0.15) is 10.2 Å². The molecule has 0 unspecified atom stereocenters. The first kappa shape index (κ1) is 14.0. The summed E-state index contributed by atoms with van der Waals surface area (Å²) >= 11 is 3.39. The third-order valence-electron chi connectivity index (χ3n) is 3.61. The van der Waals surface area contributed by atoms with Crippen molar-refractivity contribution in [2.24, 2.45) is 5.10 Å². The molecular weight excluding hydrogens is 332 g/mol. The van der Waals surface area contributed by atoms with Gasteiger partial charge in [-0.25, -0.2) is 5.43 Å². The lowest BCUT2D eigenvalue weighted by Crippen LogP contribution is -2.21. The maximum absolute atomic E-state index is 12.1. The Hall–Kier alpha value is -1.95. The molecule has 1 aromatic heterocycles. The van der Waals surface area contributed by atoms with Crippen LogP contribution in [0.15, 0.2) is 33.8 Å². The number of aryl methyl sites for hydroxylation is 1. The number of benzene rings is 1. The fourth-order valence-corrected chi connectivity index (χ4v) is 2.71. The van der Waals surface area contributed by atoms with Crippen LogP contribution in [0.3, 0.4) is 0 Å². The monoisotopic (exact) mass is 346 g/mol. The van der Waals surface area contributed by atoms with Crippen LogP contribution in [-0.4, -0.2) is 21.8 Å². The number of hydrogen-bond donors (Lipinski definition) is 2. The number of nitrogens with zero attached hydrogens (tertiary/aromatic N) is 2. The summed E-state index contributed by atoms with van der Waals surface area (Å²) in [6, 6.07) is 7.77. The van der Waals surface area contributed by atoms with Crippen molar-refractivity contribution in [3.63, 3.8) is 0 Å². The summed E-state index contributed by atoms with van der Waals surface area (Å²) < 4.78 is 1.01. The third-order valence-corrected chi connectivity index (χ3v) is 4.14. The molecule has 5 nitrogen and oxygen atoms in total. The van der Waals surface area contributed by atoms with Gasteiger partial charge in [-0.3, -0.25) is 9.89 Å². The standard InChI is InChI=1S/C15H15BrN4O/c1-9(10-5-7-11(16)8-6-10)17-20-15(21)14-12-3-2-4-13(12)18-19-14/h5-8H,2-4H2,1H3,(H,18,19)(H,20,21)/b17-9+. The van der Waals surface area contributed by atoms with Crippen LogP contribution in [0.2, 0.25) is 0 Å². The van der Waals surface area contributed by atoms with Crippen LogP contribution >= 0.6 is 15.9 Å². The Morgan fingerprint density at radius 1 is 1.33 bits per heavy atom. The van der Waals surface area contributed by atoms with Gasteiger partial charge in [-0.05, 0) is 43.9 Å². The van der Waals surface area contributed by atoms with E-state index in [-0.39, 0.29) is 5.91 Å². The second-order valence-corrected chi connectivity index (χ2v) is 5.94. The number of carbonyl (C=O) groups is 1. The van der Waals surface area contributed by atoms with E-state index in [2.05, 4.69) is 36.7 Å². The number of nitrogens with one attached hydrogen (secondary N) is 2. The van der Waals surface area contributed by atoms with Gasteiger partial charge in [0.2, 0.25) is 0 Å². The maximum atomic E-state index is 12.1. The van der Waals surface area contributed by atoms with Crippen molar-refractivity contribution in [1.82, 2.24) is 15.6 Å². The Morgan fingerprint density at radius 2 is 2.10 bits per heavy atom. The molecule has 21 heavy (non-hydrogen) atoms. The molecule has 0 fully saturated rings. The number of rotatable bonds is 3. The molecule has 0 saturated heterocycles. The van der Waals surface area contributed by atoms with Gasteiger partial charge in [0.1, 0.15) is 0 Å². The van der Waals surface area contributed by atoms with E-state index in [0.717, 1.165) is 46.3 Å². The Balaban J connectivity index is 1.72. The minimum absolute atomic E-state index is 0.258. The van der Waals surface area contributed by atoms with Crippen molar-refractivity contribution in [2.45, 2.75) is 26.2 Å². The average Bonchev–Trinajstić information content (AvgIpc) is 3.08. The smallest absolute Gasteiger partial charge is 0.281 e. The van der Waals surface area contributed by atoms with Gasteiger partial charge < -0.3 is 0 Å². The van der Waals surface area contributed by atoms with Crippen LogP contribution in [-0.2, 0) is 12.8 Å². The summed E-state index contributed by atoms with van der Waals surface area (Å²) in [4.78, 5) is 12.1. The molecule has 1 heterocycles. The zero-order valence-electron chi connectivity index (χ0n) is 11.6. The predicted octanol–water partition coefficient (Wildman–Crippen LogP) is 2.81. The Kier molecular flexibility index (Phi) is 3.88. The van der Waals surface area contributed by atoms with Gasteiger partial charge in [0, 0.05) is 15.7 Å². The number of halogens is 1. The van der Waals surface area contributed by atoms with Crippen molar-refractivity contribution in [1.29, 1.82) is 0 Å². The Labute approximate surface area is 131 Å². The number of hydrogen-bond acceptors (Lipinski definition) is 3. The summed E-state index contributed by atoms with van der Waals surface area (Å²) in [5.74, 6) is -0.258. The zero-order chi connectivity index (χ0) is 14.8. The number of aromatic amines is 1. The topological polar surface area (TPSA) is 70.1 Å². The minimum Gasteiger partial charge on any atom is -0.281 e. The lowest BCUT2D eigenvalue weighted by atomic mass is 10.1. The van der Waals surface area contributed by atoms with E-state index < -0.39 is 0 Å². The van der Waals surface area contributed by atoms with Crippen molar-refractivity contribution >= 4 is 27.5 Å². The van der Waals surface area contributed by atoms with Gasteiger partial charge in [-0.15, -0.1) is 0 Å². The highest BCUT2D eigenvalue weighted by atomic mass is 79.9. The van der Waals surface area contributed by atoms with Crippen LogP contribution in [0, 0.1) is 0 Å². The summed E-state index contributed by atoms with van der Waals surface area (Å²) in [7, 11) is 0. The highest BCUT2D eigenvalue weighted by Crippen LogP contribution is 2.22. The van der Waals surface area contributed by atoms with E-state index in [1.54, 1.807) is 0 Å². The van der Waals surface area contributed by atoms with Crippen LogP contribution in [0.25, 0.3) is 0 Å². The molecule has 2 N–H and O–H groups in total. The van der Waals surface area contributed by atoms with Crippen LogP contribution in [0.4, 0.5) is 0 Å². The Morgan fingerprint density at radius 3 is 2.86 bits per heavy atom. The Bertz CT molecular complexity index is 703. The SMILES string of the molecule is C/C(=N\NC(=O)c1n[nH]c2c1CCC2)c1ccc(Br)cc1. The third kappa shape index (κ3) is 2.90. The summed E-state index contributed by atoms with van der Waals surface area (Å²) in [5.41, 5.74) is 6.88. The van der Waals surface area contributed by atoms with Gasteiger partial charge in [0.25, 0.3) is 5.91 Å². The van der Waals surface area contributed by atoms with Gasteiger partial charge in [0.05, 0.1) is 5.71 Å². The van der Waals surface area contributed by atoms with E-state index in [1.807, 2.05) is 31.2 Å². The molecule has 0 aliphatic heterocycles. The van der Waals surface area contributed by atoms with Crippen molar-refractivity contribution in [3.8, 4) is 0 Å². The summed E-state index contributed by atoms with van der Waals surface area (Å²) in [6.07, 6.45) is 2.95. The molecule has 0 saturated carbocycles. The average molecular weight is 347 g/mol. The molecule has 2 aromatic rings. The number of H-pyrrole nitrogens is 1. The normalized spacial score (nSPS) is 14.1. The van der Waals surface area contributed by atoms with Crippen LogP contribution in [0.5, 0.6) is 0 Å². The zero-order valence-corrected chi connectivity index (χ0v) is 13.2. The lowest BCUT2D eigenvalue weighted by molar-refractivity contribution is 0.0949. The highest BCUT2D eigenvalue weighted by Gasteiger charge is 2.22. The number of hydrazone groups is 1. The summed E-state index contributed by atoms with van der Waals surface area (Å²) in [5, 5.41) is 11.2. The minimum atomic E-state index is -0.258. The second-order valence-electron chi connectivity index (χ2n) is 5.03. The fraction of sp³-hybridized carbons (Fsp3) is 0.267. The molecule has 3 rings (SSSR count). The van der Waals surface area contributed by atoms with Gasteiger partial charge >= 0.3 is 0 Å². The molecular formula is C15H15BrN4O. The first-order chi connectivity index (χ1) is 10.1. The van der Waals surface area contributed by atoms with E-state index in [0.29, 0.717) is 5.69 Å². The quantitative estimate of drug-likeness (QED) is 0.662. The molecule has 0 radical (unpaired) electrons. The van der Waals surface area contributed by atoms with Gasteiger partial charge in [-0.1, -0.05) is 28.1 Å². The summed E-state index contributed by atoms with van der Waals surface area (Å²) in [6.45, 7) is 1.86. The molecule has 1 aromatic carbocycles. The van der Waals surface area contributed by atoms with Gasteiger partial charge in [0.15, 0.2) is 5.69 Å². The van der Waals surface area contributed by atoms with Crippen molar-refractivity contribution in [3.05, 3.63) is 51.3 Å². The maximum Gasteiger partial charge on any atom is 0.292 e. The molecule has 0 atom stereocenters. The molecule has 1 amide bonds. The number of amides is 1. The van der Waals surface area contributed by atoms with E-state index in [9.17, 15) is 4.79 Å². The first-order valence-corrected chi connectivity index (χ1v) is 7.61. The molecule has 0 spiro atoms. The second kappa shape index (κ2) is 5.81. The van der Waals surface area contributed by atoms with E-state index >= 15 is 0 Å². The largest absolute Gasteiger partial charge is 0.292 e. The number of aromatic nitrogens is 2. The molecule has 1 aliphatic carbocycles. The van der Waals surface area contributed by atoms with E-state index in [4.69, 9.17) is 0 Å². The van der Waals surface area contributed by atoms with E-state index in [1.165, 1.54) is 0 Å². The lowest BCUT2D eigenvalue weighted by Gasteiger charge is -2.02. The number of fused-ring (bicyclic) bond motifs is 1. The number of carbonyl (C=O) groups excluding carboxylic acids is 1. The van der Waals surface area contributed by atoms with Crippen molar-refractivity contribution in [2.75, 3.05) is 0 Å². The predicted molar refractivity (Wildman–Crippen MR) is 84.4 cm³/mol. The van der Waals surface area contributed by atoms with Crippen LogP contribution < -0.4 is 5.43 Å². The fourth-order valence-electron chi connectivity index (χ4n) is 2.45.